The number of halogens is 1. The van der Waals surface area contributed by atoms with Gasteiger partial charge < -0.3 is 19.9 Å². The Morgan fingerprint density at radius 3 is 2.58 bits per heavy atom. The van der Waals surface area contributed by atoms with Crippen LogP contribution in [0.3, 0.4) is 0 Å². The summed E-state index contributed by atoms with van der Waals surface area (Å²) in [6.45, 7) is 1.67. The Morgan fingerprint density at radius 1 is 1.27 bits per heavy atom. The highest BCUT2D eigenvalue weighted by molar-refractivity contribution is 6.30. The van der Waals surface area contributed by atoms with E-state index >= 15 is 0 Å². The van der Waals surface area contributed by atoms with Crippen LogP contribution in [0.1, 0.15) is 32.1 Å². The van der Waals surface area contributed by atoms with Crippen molar-refractivity contribution < 1.29 is 9.53 Å². The average Bonchev–Trinajstić information content (AvgIpc) is 3.56. The van der Waals surface area contributed by atoms with E-state index in [1.54, 1.807) is 7.11 Å². The zero-order valence-electron chi connectivity index (χ0n) is 15.6. The molecule has 1 aliphatic heterocycles. The van der Waals surface area contributed by atoms with E-state index in [1.807, 2.05) is 30.1 Å². The quantitative estimate of drug-likeness (QED) is 0.821. The Bertz CT molecular complexity index is 663. The first-order valence-corrected chi connectivity index (χ1v) is 10.1. The molecule has 3 fully saturated rings. The van der Waals surface area contributed by atoms with Gasteiger partial charge in [-0.15, -0.1) is 0 Å². The lowest BCUT2D eigenvalue weighted by atomic mass is 10.1. The second-order valence-electron chi connectivity index (χ2n) is 7.97. The molecular weight excluding hydrogens is 350 g/mol. The molecule has 0 aromatic heterocycles. The van der Waals surface area contributed by atoms with Crippen molar-refractivity contribution in [1.29, 1.82) is 0 Å². The highest BCUT2D eigenvalue weighted by Crippen LogP contribution is 2.46. The number of hydrogen-bond donors (Lipinski definition) is 1. The number of carbonyl (C=O) groups excluding carboxylic acids is 1. The lowest BCUT2D eigenvalue weighted by Crippen LogP contribution is -2.49. The number of nitrogens with zero attached hydrogens (tertiary/aromatic N) is 2. The van der Waals surface area contributed by atoms with Crippen molar-refractivity contribution in [2.75, 3.05) is 32.1 Å². The van der Waals surface area contributed by atoms with Gasteiger partial charge in [-0.2, -0.15) is 0 Å². The lowest BCUT2D eigenvalue weighted by Gasteiger charge is -2.30. The molecule has 3 aliphatic rings. The number of carbonyl (C=O) groups is 1. The van der Waals surface area contributed by atoms with Crippen LogP contribution >= 0.6 is 11.6 Å². The van der Waals surface area contributed by atoms with Gasteiger partial charge in [0.2, 0.25) is 0 Å². The predicted molar refractivity (Wildman–Crippen MR) is 104 cm³/mol. The summed E-state index contributed by atoms with van der Waals surface area (Å²) in [5, 5.41) is 3.95. The molecule has 1 aromatic carbocycles. The van der Waals surface area contributed by atoms with E-state index in [9.17, 15) is 4.79 Å². The van der Waals surface area contributed by atoms with Crippen LogP contribution in [-0.2, 0) is 0 Å². The maximum Gasteiger partial charge on any atom is 0.317 e. The van der Waals surface area contributed by atoms with Crippen LogP contribution in [0.5, 0.6) is 5.75 Å². The number of urea groups is 1. The minimum atomic E-state index is 0.0821. The van der Waals surface area contributed by atoms with Gasteiger partial charge in [0.15, 0.2) is 0 Å². The first kappa shape index (κ1) is 17.8. The minimum absolute atomic E-state index is 0.0821. The van der Waals surface area contributed by atoms with Crippen LogP contribution in [0.4, 0.5) is 10.5 Å². The standard InChI is InChI=1S/C20H28ClN3O2/c1-23(19(13-3-4-13)14-5-6-14)20(25)22-16-9-10-24(12-16)17-11-15(21)7-8-18(17)26-2/h7-8,11,13-14,16,19H,3-6,9-10,12H2,1-2H3,(H,22,25)/t16-/m1/s1. The summed E-state index contributed by atoms with van der Waals surface area (Å²) in [6.07, 6.45) is 6.07. The molecule has 1 heterocycles. The van der Waals surface area contributed by atoms with Gasteiger partial charge in [-0.05, 0) is 62.1 Å². The summed E-state index contributed by atoms with van der Waals surface area (Å²) in [6, 6.07) is 6.36. The first-order valence-electron chi connectivity index (χ1n) is 9.68. The summed E-state index contributed by atoms with van der Waals surface area (Å²) in [5.41, 5.74) is 0.999. The Kier molecular flexibility index (Phi) is 4.91. The molecule has 2 aliphatic carbocycles. The summed E-state index contributed by atoms with van der Waals surface area (Å²) in [4.78, 5) is 17.0. The van der Waals surface area contributed by atoms with E-state index in [0.717, 1.165) is 42.8 Å². The second-order valence-corrected chi connectivity index (χ2v) is 8.41. The molecule has 0 radical (unpaired) electrons. The number of nitrogens with one attached hydrogen (secondary N) is 1. The summed E-state index contributed by atoms with van der Waals surface area (Å²) < 4.78 is 5.47. The largest absolute Gasteiger partial charge is 0.495 e. The van der Waals surface area contributed by atoms with Crippen LogP contribution in [0, 0.1) is 11.8 Å². The molecule has 5 nitrogen and oxygen atoms in total. The van der Waals surface area contributed by atoms with Crippen LogP contribution in [0.15, 0.2) is 18.2 Å². The fraction of sp³-hybridized carbons (Fsp3) is 0.650. The van der Waals surface area contributed by atoms with Crippen LogP contribution in [0.2, 0.25) is 5.02 Å². The van der Waals surface area contributed by atoms with Crippen LogP contribution in [0.25, 0.3) is 0 Å². The van der Waals surface area contributed by atoms with Gasteiger partial charge in [-0.25, -0.2) is 4.79 Å². The average molecular weight is 378 g/mol. The molecule has 142 valence electrons. The molecule has 1 N–H and O–H groups in total. The number of methoxy groups -OCH3 is 1. The molecular formula is C20H28ClN3O2. The summed E-state index contributed by atoms with van der Waals surface area (Å²) in [5.74, 6) is 2.28. The van der Waals surface area contributed by atoms with E-state index in [4.69, 9.17) is 16.3 Å². The maximum atomic E-state index is 12.8. The number of hydrogen-bond acceptors (Lipinski definition) is 3. The van der Waals surface area contributed by atoms with Crippen LogP contribution in [-0.4, -0.2) is 50.3 Å². The molecule has 2 amide bonds. The topological polar surface area (TPSA) is 44.8 Å². The molecule has 1 atom stereocenters. The van der Waals surface area contributed by atoms with Crippen molar-refractivity contribution >= 4 is 23.3 Å². The minimum Gasteiger partial charge on any atom is -0.495 e. The Hall–Kier alpha value is -1.62. The third kappa shape index (κ3) is 3.73. The molecule has 6 heteroatoms. The third-order valence-corrected chi connectivity index (χ3v) is 6.21. The van der Waals surface area contributed by atoms with Gasteiger partial charge in [-0.1, -0.05) is 11.6 Å². The molecule has 4 rings (SSSR count). The smallest absolute Gasteiger partial charge is 0.317 e. The van der Waals surface area contributed by atoms with E-state index in [2.05, 4.69) is 10.2 Å². The third-order valence-electron chi connectivity index (χ3n) is 5.97. The number of rotatable bonds is 6. The monoisotopic (exact) mass is 377 g/mol. The lowest BCUT2D eigenvalue weighted by molar-refractivity contribution is 0.171. The van der Waals surface area contributed by atoms with Gasteiger partial charge in [0.05, 0.1) is 12.8 Å². The molecule has 2 saturated carbocycles. The Labute approximate surface area is 160 Å². The number of anilines is 1. The van der Waals surface area contributed by atoms with Gasteiger partial charge in [0.1, 0.15) is 5.75 Å². The number of benzene rings is 1. The second kappa shape index (κ2) is 7.18. The van der Waals surface area contributed by atoms with Gasteiger partial charge in [-0.3, -0.25) is 0 Å². The Balaban J connectivity index is 1.37. The molecule has 0 spiro atoms. The number of amides is 2. The van der Waals surface area contributed by atoms with Crippen molar-refractivity contribution in [3.05, 3.63) is 23.2 Å². The van der Waals surface area contributed by atoms with Gasteiger partial charge >= 0.3 is 6.03 Å². The highest BCUT2D eigenvalue weighted by atomic mass is 35.5. The highest BCUT2D eigenvalue weighted by Gasteiger charge is 2.45. The van der Waals surface area contributed by atoms with Crippen molar-refractivity contribution in [2.24, 2.45) is 11.8 Å². The molecule has 0 bridgehead atoms. The maximum absolute atomic E-state index is 12.8. The van der Waals surface area contributed by atoms with E-state index in [1.165, 1.54) is 25.7 Å². The molecule has 1 saturated heterocycles. The van der Waals surface area contributed by atoms with E-state index in [-0.39, 0.29) is 12.1 Å². The van der Waals surface area contributed by atoms with Gasteiger partial charge in [0.25, 0.3) is 0 Å². The van der Waals surface area contributed by atoms with Gasteiger partial charge in [0, 0.05) is 37.2 Å². The summed E-state index contributed by atoms with van der Waals surface area (Å²) >= 11 is 6.16. The Morgan fingerprint density at radius 2 is 1.96 bits per heavy atom. The van der Waals surface area contributed by atoms with E-state index < -0.39 is 0 Å². The molecule has 1 aromatic rings. The van der Waals surface area contributed by atoms with Crippen LogP contribution < -0.4 is 15.0 Å². The fourth-order valence-electron chi connectivity index (χ4n) is 4.31. The van der Waals surface area contributed by atoms with Crippen molar-refractivity contribution in [2.45, 2.75) is 44.2 Å². The fourth-order valence-corrected chi connectivity index (χ4v) is 4.48. The van der Waals surface area contributed by atoms with Crippen molar-refractivity contribution in [3.63, 3.8) is 0 Å². The normalized spacial score (nSPS) is 22.6. The predicted octanol–water partition coefficient (Wildman–Crippen LogP) is 3.76. The first-order chi connectivity index (χ1) is 12.6. The molecule has 26 heavy (non-hydrogen) atoms. The van der Waals surface area contributed by atoms with E-state index in [0.29, 0.717) is 11.1 Å². The number of ether oxygens (including phenoxy) is 1. The zero-order chi connectivity index (χ0) is 18.3. The zero-order valence-corrected chi connectivity index (χ0v) is 16.3. The van der Waals surface area contributed by atoms with Crippen molar-refractivity contribution in [1.82, 2.24) is 10.2 Å². The SMILES string of the molecule is COc1ccc(Cl)cc1N1CC[C@@H](NC(=O)N(C)C(C2CC2)C2CC2)C1. The van der Waals surface area contributed by atoms with Crippen molar-refractivity contribution in [3.8, 4) is 5.75 Å². The molecule has 0 unspecified atom stereocenters. The summed E-state index contributed by atoms with van der Waals surface area (Å²) in [7, 11) is 3.65.